The number of aromatic amines is 2. The summed E-state index contributed by atoms with van der Waals surface area (Å²) in [6, 6.07) is 11.9. The summed E-state index contributed by atoms with van der Waals surface area (Å²) in [7, 11) is 0. The van der Waals surface area contributed by atoms with Gasteiger partial charge in [-0.05, 0) is 37.1 Å². The zero-order valence-electron chi connectivity index (χ0n) is 18.5. The Labute approximate surface area is 190 Å². The first-order valence-corrected chi connectivity index (χ1v) is 11.8. The number of piperazine rings is 1. The van der Waals surface area contributed by atoms with Gasteiger partial charge in [0, 0.05) is 55.4 Å². The molecule has 0 amide bonds. The van der Waals surface area contributed by atoms with Gasteiger partial charge in [0.05, 0.1) is 21.5 Å². The summed E-state index contributed by atoms with van der Waals surface area (Å²) in [5, 5.41) is 19.1. The molecule has 1 aliphatic heterocycles. The van der Waals surface area contributed by atoms with E-state index in [1.54, 1.807) is 6.07 Å². The number of benzene rings is 2. The third-order valence-corrected chi connectivity index (χ3v) is 7.22. The number of imidazole rings is 1. The van der Waals surface area contributed by atoms with Crippen LogP contribution in [0.1, 0.15) is 32.1 Å². The molecule has 0 unspecified atom stereocenters. The van der Waals surface area contributed by atoms with Crippen LogP contribution in [-0.4, -0.2) is 62.2 Å². The van der Waals surface area contributed by atoms with Crippen LogP contribution in [0.4, 0.5) is 11.4 Å². The van der Waals surface area contributed by atoms with Crippen LogP contribution >= 0.6 is 0 Å². The highest BCUT2D eigenvalue weighted by Crippen LogP contribution is 2.30. The fraction of sp³-hybridized carbons (Fsp3) is 0.417. The lowest BCUT2D eigenvalue weighted by Crippen LogP contribution is -2.50. The van der Waals surface area contributed by atoms with Gasteiger partial charge >= 0.3 is 0 Å². The Bertz CT molecular complexity index is 1310. The molecule has 4 aromatic rings. The van der Waals surface area contributed by atoms with E-state index in [1.807, 2.05) is 0 Å². The number of nitro groups is 1. The first-order chi connectivity index (χ1) is 16.2. The van der Waals surface area contributed by atoms with E-state index in [0.29, 0.717) is 17.0 Å². The fourth-order valence-corrected chi connectivity index (χ4v) is 5.40. The molecule has 0 radical (unpaired) electrons. The Balaban J connectivity index is 1.22. The number of fused-ring (bicyclic) bond motifs is 2. The van der Waals surface area contributed by atoms with Crippen molar-refractivity contribution < 1.29 is 4.92 Å². The van der Waals surface area contributed by atoms with Crippen LogP contribution in [0.15, 0.2) is 36.4 Å². The third kappa shape index (κ3) is 3.72. The molecule has 2 aliphatic rings. The van der Waals surface area contributed by atoms with Gasteiger partial charge in [-0.1, -0.05) is 19.3 Å². The number of H-pyrrole nitrogens is 2. The lowest BCUT2D eigenvalue weighted by Gasteiger charge is -2.41. The SMILES string of the molecule is O=[N+]([O-])c1ccc2c(-c3nc4ccc(N5CCN(C6CCCCC6)CC5)cc4[nH]3)n[nH]c2c1. The molecule has 0 atom stereocenters. The number of nitrogens with zero attached hydrogens (tertiary/aromatic N) is 5. The smallest absolute Gasteiger partial charge is 0.271 e. The van der Waals surface area contributed by atoms with E-state index in [2.05, 4.69) is 43.2 Å². The van der Waals surface area contributed by atoms with E-state index in [1.165, 1.54) is 49.9 Å². The first-order valence-electron chi connectivity index (χ1n) is 11.8. The maximum Gasteiger partial charge on any atom is 0.271 e. The molecule has 6 rings (SSSR count). The molecule has 1 aliphatic carbocycles. The number of hydrogen-bond acceptors (Lipinski definition) is 6. The topological polar surface area (TPSA) is 107 Å². The largest absolute Gasteiger partial charge is 0.369 e. The Morgan fingerprint density at radius 3 is 2.58 bits per heavy atom. The van der Waals surface area contributed by atoms with E-state index in [9.17, 15) is 10.1 Å². The summed E-state index contributed by atoms with van der Waals surface area (Å²) in [6.45, 7) is 4.35. The van der Waals surface area contributed by atoms with Crippen molar-refractivity contribution in [2.24, 2.45) is 0 Å². The Hall–Kier alpha value is -3.46. The van der Waals surface area contributed by atoms with Crippen molar-refractivity contribution >= 4 is 33.3 Å². The van der Waals surface area contributed by atoms with Crippen molar-refractivity contribution in [1.29, 1.82) is 0 Å². The second-order valence-corrected chi connectivity index (χ2v) is 9.16. The average molecular weight is 446 g/mol. The molecule has 1 saturated heterocycles. The predicted octanol–water partition coefficient (Wildman–Crippen LogP) is 4.47. The molecule has 170 valence electrons. The number of anilines is 1. The third-order valence-electron chi connectivity index (χ3n) is 7.22. The standard InChI is InChI=1S/C24H27N7O2/c32-31(33)18-6-8-19-21(15-18)27-28-23(19)24-25-20-9-7-17(14-22(20)26-24)30-12-10-29(11-13-30)16-4-2-1-3-5-16/h6-9,14-16H,1-5,10-13H2,(H,25,26)(H,27,28). The van der Waals surface area contributed by atoms with Crippen LogP contribution in [0.5, 0.6) is 0 Å². The van der Waals surface area contributed by atoms with Gasteiger partial charge in [-0.15, -0.1) is 0 Å². The number of hydrogen-bond donors (Lipinski definition) is 2. The molecule has 9 nitrogen and oxygen atoms in total. The summed E-state index contributed by atoms with van der Waals surface area (Å²) in [5.41, 5.74) is 4.39. The van der Waals surface area contributed by atoms with Crippen LogP contribution in [0.25, 0.3) is 33.5 Å². The van der Waals surface area contributed by atoms with Crippen LogP contribution < -0.4 is 4.90 Å². The molecule has 2 N–H and O–H groups in total. The lowest BCUT2D eigenvalue weighted by molar-refractivity contribution is -0.384. The summed E-state index contributed by atoms with van der Waals surface area (Å²) in [6.07, 6.45) is 6.88. The second kappa shape index (κ2) is 8.15. The van der Waals surface area contributed by atoms with Gasteiger partial charge in [-0.25, -0.2) is 4.98 Å². The van der Waals surface area contributed by atoms with Gasteiger partial charge < -0.3 is 9.88 Å². The maximum absolute atomic E-state index is 11.0. The molecule has 33 heavy (non-hydrogen) atoms. The Morgan fingerprint density at radius 1 is 0.970 bits per heavy atom. The van der Waals surface area contributed by atoms with Gasteiger partial charge in [0.25, 0.3) is 5.69 Å². The van der Waals surface area contributed by atoms with Gasteiger partial charge in [-0.3, -0.25) is 20.1 Å². The minimum absolute atomic E-state index is 0.0375. The monoisotopic (exact) mass is 445 g/mol. The van der Waals surface area contributed by atoms with Crippen LogP contribution in [0.3, 0.4) is 0 Å². The van der Waals surface area contributed by atoms with E-state index >= 15 is 0 Å². The van der Waals surface area contributed by atoms with Crippen LogP contribution in [-0.2, 0) is 0 Å². The molecular formula is C24H27N7O2. The van der Waals surface area contributed by atoms with Crippen molar-refractivity contribution in [2.75, 3.05) is 31.1 Å². The number of aromatic nitrogens is 4. The Kier molecular flexibility index (Phi) is 4.98. The van der Waals surface area contributed by atoms with Gasteiger partial charge in [0.1, 0.15) is 5.69 Å². The maximum atomic E-state index is 11.0. The van der Waals surface area contributed by atoms with Gasteiger partial charge in [-0.2, -0.15) is 5.10 Å². The normalized spacial score (nSPS) is 18.4. The second-order valence-electron chi connectivity index (χ2n) is 9.16. The van der Waals surface area contributed by atoms with Crippen LogP contribution in [0, 0.1) is 10.1 Å². The highest BCUT2D eigenvalue weighted by Gasteiger charge is 2.25. The number of nitro benzene ring substituents is 1. The molecule has 3 heterocycles. The minimum atomic E-state index is -0.405. The van der Waals surface area contributed by atoms with Gasteiger partial charge in [0.15, 0.2) is 5.82 Å². The highest BCUT2D eigenvalue weighted by atomic mass is 16.6. The quantitative estimate of drug-likeness (QED) is 0.355. The number of rotatable bonds is 4. The molecular weight excluding hydrogens is 418 g/mol. The predicted molar refractivity (Wildman–Crippen MR) is 128 cm³/mol. The molecule has 2 aromatic carbocycles. The van der Waals surface area contributed by atoms with E-state index in [4.69, 9.17) is 4.98 Å². The van der Waals surface area contributed by atoms with Crippen molar-refractivity contribution in [3.8, 4) is 11.5 Å². The molecule has 2 fully saturated rings. The highest BCUT2D eigenvalue weighted by molar-refractivity contribution is 5.94. The van der Waals surface area contributed by atoms with E-state index in [-0.39, 0.29) is 5.69 Å². The summed E-state index contributed by atoms with van der Waals surface area (Å²) in [5.74, 6) is 0.657. The minimum Gasteiger partial charge on any atom is -0.369 e. The van der Waals surface area contributed by atoms with Gasteiger partial charge in [0.2, 0.25) is 0 Å². The fourth-order valence-electron chi connectivity index (χ4n) is 5.40. The van der Waals surface area contributed by atoms with E-state index < -0.39 is 4.92 Å². The zero-order chi connectivity index (χ0) is 22.4. The summed E-state index contributed by atoms with van der Waals surface area (Å²) < 4.78 is 0. The summed E-state index contributed by atoms with van der Waals surface area (Å²) >= 11 is 0. The Morgan fingerprint density at radius 2 is 1.79 bits per heavy atom. The number of non-ortho nitro benzene ring substituents is 1. The first kappa shape index (κ1) is 20.2. The summed E-state index contributed by atoms with van der Waals surface area (Å²) in [4.78, 5) is 23.9. The zero-order valence-corrected chi connectivity index (χ0v) is 18.5. The van der Waals surface area contributed by atoms with Crippen molar-refractivity contribution in [1.82, 2.24) is 25.1 Å². The molecule has 0 spiro atoms. The molecule has 9 heteroatoms. The number of nitrogens with one attached hydrogen (secondary N) is 2. The molecule has 1 saturated carbocycles. The molecule has 0 bridgehead atoms. The lowest BCUT2D eigenvalue weighted by atomic mass is 9.94. The average Bonchev–Trinajstić information content (AvgIpc) is 3.47. The van der Waals surface area contributed by atoms with Crippen molar-refractivity contribution in [3.63, 3.8) is 0 Å². The van der Waals surface area contributed by atoms with Crippen molar-refractivity contribution in [3.05, 3.63) is 46.5 Å². The van der Waals surface area contributed by atoms with E-state index in [0.717, 1.165) is 48.6 Å². The van der Waals surface area contributed by atoms with Crippen LogP contribution in [0.2, 0.25) is 0 Å². The van der Waals surface area contributed by atoms with Crippen molar-refractivity contribution in [2.45, 2.75) is 38.1 Å². The molecule has 2 aromatic heterocycles.